The Morgan fingerprint density at radius 3 is 2.29 bits per heavy atom. The lowest BCUT2D eigenvalue weighted by atomic mass is 9.83. The minimum Gasteiger partial charge on any atom is -0.455 e. The molecular weight excluding hydrogens is 483 g/mol. The number of hydrogen-bond donors (Lipinski definition) is 0. The molecule has 38 heavy (non-hydrogen) atoms. The fourth-order valence-corrected chi connectivity index (χ4v) is 6.08. The van der Waals surface area contributed by atoms with Gasteiger partial charge in [0.2, 0.25) is 5.69 Å². The van der Waals surface area contributed by atoms with Gasteiger partial charge in [-0.05, 0) is 58.0 Å². The Morgan fingerprint density at radius 2 is 1.61 bits per heavy atom. The van der Waals surface area contributed by atoms with Crippen LogP contribution in [0.5, 0.6) is 11.5 Å². The molecule has 1 aliphatic heterocycles. The highest BCUT2D eigenvalue weighted by Crippen LogP contribution is 2.53. The molecule has 0 atom stereocenters. The number of benzene rings is 4. The molecule has 0 fully saturated rings. The molecule has 2 nitrogen and oxygen atoms in total. The molecule has 4 aromatic carbocycles. The number of rotatable bonds is 3. The van der Waals surface area contributed by atoms with E-state index in [1.54, 1.807) is 0 Å². The second kappa shape index (κ2) is 8.20. The molecule has 0 saturated carbocycles. The number of nitrogens with zero attached hydrogens (tertiary/aromatic N) is 1. The summed E-state index contributed by atoms with van der Waals surface area (Å²) >= 11 is 0. The first-order valence-electron chi connectivity index (χ1n) is 13.1. The van der Waals surface area contributed by atoms with Gasteiger partial charge in [-0.1, -0.05) is 70.2 Å². The van der Waals surface area contributed by atoms with Gasteiger partial charge in [0, 0.05) is 17.0 Å². The molecule has 0 saturated heterocycles. The number of aryl methyl sites for hydroxylation is 2. The minimum atomic E-state index is -4.28. The van der Waals surface area contributed by atoms with E-state index in [1.807, 2.05) is 37.5 Å². The molecule has 1 aromatic heterocycles. The summed E-state index contributed by atoms with van der Waals surface area (Å²) in [7, 11) is 2.05. The summed E-state index contributed by atoms with van der Waals surface area (Å²) in [4.78, 5) is 0. The molecule has 6 rings (SSSR count). The number of fused-ring (bicyclic) bond motifs is 5. The largest absolute Gasteiger partial charge is 0.455 e. The lowest BCUT2D eigenvalue weighted by Crippen LogP contribution is -2.34. The summed E-state index contributed by atoms with van der Waals surface area (Å²) in [5.74, 6) is 1.93. The van der Waals surface area contributed by atoms with Gasteiger partial charge >= 0.3 is 6.18 Å². The highest BCUT2D eigenvalue weighted by molar-refractivity contribution is 6.16. The number of alkyl halides is 3. The van der Waals surface area contributed by atoms with E-state index in [2.05, 4.69) is 55.7 Å². The summed E-state index contributed by atoms with van der Waals surface area (Å²) in [6.45, 7) is 9.07. The molecule has 0 N–H and O–H groups in total. The Kier molecular flexibility index (Phi) is 5.33. The average molecular weight is 515 g/mol. The number of ether oxygens (including phenoxy) is 1. The zero-order valence-corrected chi connectivity index (χ0v) is 22.5. The van der Waals surface area contributed by atoms with Crippen molar-refractivity contribution in [2.24, 2.45) is 12.5 Å². The maximum atomic E-state index is 13.6. The Hall–Kier alpha value is -3.60. The fraction of sp³-hybridized carbons (Fsp3) is 0.303. The van der Waals surface area contributed by atoms with Crippen LogP contribution in [-0.2, 0) is 13.5 Å². The summed E-state index contributed by atoms with van der Waals surface area (Å²) in [5.41, 5.74) is 3.37. The molecule has 194 valence electrons. The Bertz CT molecular complexity index is 1780. The molecule has 0 unspecified atom stereocenters. The van der Waals surface area contributed by atoms with Gasteiger partial charge in [-0.2, -0.15) is 13.2 Å². The third-order valence-corrected chi connectivity index (χ3v) is 8.17. The van der Waals surface area contributed by atoms with E-state index in [4.69, 9.17) is 4.74 Å². The molecule has 2 heterocycles. The van der Waals surface area contributed by atoms with Crippen LogP contribution >= 0.6 is 0 Å². The van der Waals surface area contributed by atoms with Crippen molar-refractivity contribution in [3.8, 4) is 22.8 Å². The van der Waals surface area contributed by atoms with Gasteiger partial charge in [0.05, 0.1) is 16.4 Å². The van der Waals surface area contributed by atoms with Crippen LogP contribution in [0.25, 0.3) is 43.6 Å². The highest BCUT2D eigenvalue weighted by Gasteiger charge is 2.47. The van der Waals surface area contributed by atoms with Crippen LogP contribution in [0, 0.1) is 12.3 Å². The van der Waals surface area contributed by atoms with Crippen LogP contribution in [0.1, 0.15) is 50.3 Å². The van der Waals surface area contributed by atoms with E-state index in [9.17, 15) is 13.2 Å². The number of hydrogen-bond acceptors (Lipinski definition) is 1. The molecule has 0 bridgehead atoms. The van der Waals surface area contributed by atoms with Gasteiger partial charge in [-0.15, -0.1) is 0 Å². The highest BCUT2D eigenvalue weighted by atomic mass is 19.4. The van der Waals surface area contributed by atoms with Crippen molar-refractivity contribution in [3.05, 3.63) is 77.5 Å². The maximum Gasteiger partial charge on any atom is 0.394 e. The number of aromatic nitrogens is 1. The normalized spacial score (nSPS) is 13.4. The first kappa shape index (κ1) is 24.7. The van der Waals surface area contributed by atoms with Crippen molar-refractivity contribution in [3.63, 3.8) is 0 Å². The standard InChI is InChI=1S/C33H31F3NO/c1-18(2)27-23-10-8-7-9-22(23)19(3)28-30-29-24(13-14-37(30)6)25-15-20(17-32(4,5)33(34,35)36)11-12-21(25)16-26(29)38-31(27)28/h7-16,18H,17H2,1-6H3/q+1. The molecule has 0 spiro atoms. The van der Waals surface area contributed by atoms with Gasteiger partial charge in [0.25, 0.3) is 0 Å². The summed E-state index contributed by atoms with van der Waals surface area (Å²) < 4.78 is 49.9. The molecule has 0 aliphatic carbocycles. The zero-order chi connectivity index (χ0) is 27.1. The Morgan fingerprint density at radius 1 is 0.895 bits per heavy atom. The lowest BCUT2D eigenvalue weighted by Gasteiger charge is -2.28. The smallest absolute Gasteiger partial charge is 0.394 e. The first-order valence-corrected chi connectivity index (χ1v) is 13.1. The molecule has 5 aromatic rings. The van der Waals surface area contributed by atoms with Gasteiger partial charge in [-0.3, -0.25) is 0 Å². The SMILES string of the molecule is Cc1c2c(c(C(C)C)c3ccccc13)Oc1cc3ccc(CC(C)(C)C(F)(F)F)cc3c3cc[n+](C)c-2c13. The monoisotopic (exact) mass is 514 g/mol. The van der Waals surface area contributed by atoms with E-state index in [1.165, 1.54) is 30.2 Å². The van der Waals surface area contributed by atoms with Gasteiger partial charge in [-0.25, -0.2) is 4.57 Å². The van der Waals surface area contributed by atoms with Crippen molar-refractivity contribution in [1.29, 1.82) is 0 Å². The van der Waals surface area contributed by atoms with E-state index in [-0.39, 0.29) is 12.3 Å². The summed E-state index contributed by atoms with van der Waals surface area (Å²) in [6.07, 6.45) is -2.31. The summed E-state index contributed by atoms with van der Waals surface area (Å²) in [6, 6.07) is 18.2. The van der Waals surface area contributed by atoms with E-state index < -0.39 is 11.6 Å². The summed E-state index contributed by atoms with van der Waals surface area (Å²) in [5, 5.41) is 6.28. The van der Waals surface area contributed by atoms with E-state index in [0.717, 1.165) is 49.9 Å². The van der Waals surface area contributed by atoms with Gasteiger partial charge in [0.1, 0.15) is 18.5 Å². The van der Waals surface area contributed by atoms with Gasteiger partial charge in [0.15, 0.2) is 6.20 Å². The molecule has 1 aliphatic rings. The maximum absolute atomic E-state index is 13.6. The topological polar surface area (TPSA) is 13.1 Å². The van der Waals surface area contributed by atoms with Crippen LogP contribution < -0.4 is 9.30 Å². The molecular formula is C33H31F3NO+. The molecule has 0 radical (unpaired) electrons. The van der Waals surface area contributed by atoms with Crippen LogP contribution in [0.3, 0.4) is 0 Å². The molecule has 5 heteroatoms. The predicted octanol–water partition coefficient (Wildman–Crippen LogP) is 9.31. The predicted molar refractivity (Wildman–Crippen MR) is 148 cm³/mol. The second-order valence-electron chi connectivity index (χ2n) is 11.6. The Balaban J connectivity index is 1.67. The minimum absolute atomic E-state index is 0.0780. The average Bonchev–Trinajstić information content (AvgIpc) is 2.84. The van der Waals surface area contributed by atoms with Crippen LogP contribution in [0.15, 0.2) is 60.8 Å². The zero-order valence-electron chi connectivity index (χ0n) is 22.5. The molecule has 0 amide bonds. The van der Waals surface area contributed by atoms with E-state index in [0.29, 0.717) is 5.56 Å². The lowest BCUT2D eigenvalue weighted by molar-refractivity contribution is -0.659. The van der Waals surface area contributed by atoms with E-state index >= 15 is 0 Å². The van der Waals surface area contributed by atoms with Gasteiger partial charge < -0.3 is 4.74 Å². The second-order valence-corrected chi connectivity index (χ2v) is 11.6. The number of pyridine rings is 1. The third-order valence-electron chi connectivity index (χ3n) is 8.17. The number of halogens is 3. The third kappa shape index (κ3) is 3.51. The van der Waals surface area contributed by atoms with Crippen LogP contribution in [-0.4, -0.2) is 6.18 Å². The van der Waals surface area contributed by atoms with Crippen molar-refractivity contribution in [2.45, 2.75) is 53.1 Å². The first-order chi connectivity index (χ1) is 17.9. The quantitative estimate of drug-likeness (QED) is 0.169. The van der Waals surface area contributed by atoms with Crippen molar-refractivity contribution < 1.29 is 22.5 Å². The van der Waals surface area contributed by atoms with Crippen molar-refractivity contribution in [1.82, 2.24) is 0 Å². The van der Waals surface area contributed by atoms with Crippen LogP contribution in [0.4, 0.5) is 13.2 Å². The Labute approximate surface area is 220 Å². The van der Waals surface area contributed by atoms with Crippen LogP contribution in [0.2, 0.25) is 0 Å². The van der Waals surface area contributed by atoms with Crippen molar-refractivity contribution >= 4 is 32.3 Å². The fourth-order valence-electron chi connectivity index (χ4n) is 6.08. The van der Waals surface area contributed by atoms with Crippen molar-refractivity contribution in [2.75, 3.05) is 0 Å².